The first kappa shape index (κ1) is 11.6. The van der Waals surface area contributed by atoms with Gasteiger partial charge in [0.05, 0.1) is 0 Å². The van der Waals surface area contributed by atoms with E-state index in [-0.39, 0.29) is 23.1 Å². The van der Waals surface area contributed by atoms with Crippen LogP contribution in [0.2, 0.25) is 0 Å². The van der Waals surface area contributed by atoms with Crippen LogP contribution in [0.5, 0.6) is 0 Å². The normalized spacial score (nSPS) is 16.6. The SMILES string of the molecule is Nc1nc(C2=N/C(=[P+](/[O-])c3ccccc3)N=N2)n[nH]1. The van der Waals surface area contributed by atoms with E-state index < -0.39 is 7.77 Å². The molecule has 1 unspecified atom stereocenters. The molecule has 3 rings (SSSR count). The van der Waals surface area contributed by atoms with Crippen LogP contribution in [0.3, 0.4) is 0 Å². The Morgan fingerprint density at radius 3 is 2.63 bits per heavy atom. The second kappa shape index (κ2) is 4.68. The second-order valence-corrected chi connectivity index (χ2v) is 5.11. The number of anilines is 1. The van der Waals surface area contributed by atoms with E-state index >= 15 is 0 Å². The van der Waals surface area contributed by atoms with Crippen molar-refractivity contribution in [1.82, 2.24) is 15.2 Å². The summed E-state index contributed by atoms with van der Waals surface area (Å²) in [6.45, 7) is 0. The maximum absolute atomic E-state index is 12.2. The van der Waals surface area contributed by atoms with Crippen molar-refractivity contribution < 1.29 is 4.89 Å². The third-order valence-corrected chi connectivity index (χ3v) is 3.64. The monoisotopic (exact) mass is 273 g/mol. The molecule has 19 heavy (non-hydrogen) atoms. The molecule has 1 aliphatic rings. The highest BCUT2D eigenvalue weighted by Crippen LogP contribution is 2.19. The highest BCUT2D eigenvalue weighted by atomic mass is 31.1. The van der Waals surface area contributed by atoms with Gasteiger partial charge in [-0.3, -0.25) is 0 Å². The largest absolute Gasteiger partial charge is 0.623 e. The molecule has 2 heterocycles. The predicted octanol–water partition coefficient (Wildman–Crippen LogP) is -0.231. The molecule has 0 saturated carbocycles. The van der Waals surface area contributed by atoms with Crippen molar-refractivity contribution in [3.05, 3.63) is 36.2 Å². The topological polar surface area (TPSA) is 128 Å². The number of rotatable bonds is 2. The van der Waals surface area contributed by atoms with Gasteiger partial charge in [-0.1, -0.05) is 23.3 Å². The summed E-state index contributed by atoms with van der Waals surface area (Å²) in [5, 5.41) is 14.5. The quantitative estimate of drug-likeness (QED) is 0.732. The van der Waals surface area contributed by atoms with E-state index in [1.54, 1.807) is 24.3 Å². The van der Waals surface area contributed by atoms with Crippen molar-refractivity contribution >= 4 is 30.4 Å². The van der Waals surface area contributed by atoms with Gasteiger partial charge in [0.25, 0.3) is 0 Å². The number of nitrogens with one attached hydrogen (secondary N) is 1. The number of nitrogen functional groups attached to an aromatic ring is 1. The molecule has 0 saturated heterocycles. The Morgan fingerprint density at radius 1 is 1.16 bits per heavy atom. The smallest absolute Gasteiger partial charge is 0.352 e. The van der Waals surface area contributed by atoms with Crippen LogP contribution in [0.4, 0.5) is 5.95 Å². The zero-order valence-electron chi connectivity index (χ0n) is 9.56. The Morgan fingerprint density at radius 2 is 1.95 bits per heavy atom. The zero-order valence-corrected chi connectivity index (χ0v) is 10.5. The van der Waals surface area contributed by atoms with Gasteiger partial charge in [0.1, 0.15) is 13.1 Å². The number of H-pyrrole nitrogens is 1. The first-order valence-electron chi connectivity index (χ1n) is 5.32. The number of nitrogens with zero attached hydrogens (tertiary/aromatic N) is 5. The van der Waals surface area contributed by atoms with E-state index in [0.717, 1.165) is 0 Å². The molecule has 8 nitrogen and oxygen atoms in total. The van der Waals surface area contributed by atoms with E-state index in [1.807, 2.05) is 6.07 Å². The summed E-state index contributed by atoms with van der Waals surface area (Å²) in [7, 11) is -1.87. The molecule has 0 amide bonds. The summed E-state index contributed by atoms with van der Waals surface area (Å²) in [5.74, 6) is 0.587. The first-order valence-corrected chi connectivity index (χ1v) is 6.58. The van der Waals surface area contributed by atoms with Crippen LogP contribution in [-0.4, -0.2) is 26.6 Å². The lowest BCUT2D eigenvalue weighted by atomic mass is 10.4. The van der Waals surface area contributed by atoms with Gasteiger partial charge in [0.2, 0.25) is 17.6 Å². The molecular weight excluding hydrogens is 265 g/mol. The molecule has 0 aliphatic carbocycles. The number of aromatic nitrogens is 3. The lowest BCUT2D eigenvalue weighted by molar-refractivity contribution is -0.149. The third-order valence-electron chi connectivity index (χ3n) is 2.32. The fourth-order valence-electron chi connectivity index (χ4n) is 1.47. The number of benzene rings is 1. The Balaban J connectivity index is 1.97. The predicted molar refractivity (Wildman–Crippen MR) is 70.2 cm³/mol. The van der Waals surface area contributed by atoms with E-state index in [2.05, 4.69) is 30.4 Å². The molecule has 1 aliphatic heterocycles. The maximum Gasteiger partial charge on any atom is 0.352 e. The second-order valence-electron chi connectivity index (χ2n) is 3.61. The van der Waals surface area contributed by atoms with Gasteiger partial charge in [-0.2, -0.15) is 9.98 Å². The summed E-state index contributed by atoms with van der Waals surface area (Å²) in [5.41, 5.74) is 5.56. The van der Waals surface area contributed by atoms with Crippen molar-refractivity contribution in [2.45, 2.75) is 0 Å². The van der Waals surface area contributed by atoms with Crippen LogP contribution in [0, 0.1) is 0 Å². The fraction of sp³-hybridized carbons (Fsp3) is 0. The summed E-state index contributed by atoms with van der Waals surface area (Å²) in [6, 6.07) is 8.95. The van der Waals surface area contributed by atoms with Gasteiger partial charge in [0, 0.05) is 0 Å². The van der Waals surface area contributed by atoms with Crippen LogP contribution in [0.1, 0.15) is 5.82 Å². The minimum absolute atomic E-state index is 0.152. The molecule has 0 radical (unpaired) electrons. The Kier molecular flexibility index (Phi) is 2.86. The maximum atomic E-state index is 12.2. The average molecular weight is 273 g/mol. The highest BCUT2D eigenvalue weighted by molar-refractivity contribution is 7.59. The molecule has 0 bridgehead atoms. The summed E-state index contributed by atoms with van der Waals surface area (Å²) < 4.78 is 0. The minimum Gasteiger partial charge on any atom is -0.623 e. The summed E-state index contributed by atoms with van der Waals surface area (Å²) in [6.07, 6.45) is 0. The van der Waals surface area contributed by atoms with Crippen LogP contribution < -0.4 is 15.9 Å². The molecule has 0 fully saturated rings. The van der Waals surface area contributed by atoms with Crippen LogP contribution in [-0.2, 0) is 0 Å². The van der Waals surface area contributed by atoms with Crippen molar-refractivity contribution in [1.29, 1.82) is 0 Å². The van der Waals surface area contributed by atoms with Gasteiger partial charge >= 0.3 is 5.54 Å². The minimum atomic E-state index is -1.87. The molecule has 1 aromatic carbocycles. The van der Waals surface area contributed by atoms with Crippen molar-refractivity contribution in [2.75, 3.05) is 5.73 Å². The number of aromatic amines is 1. The fourth-order valence-corrected chi connectivity index (χ4v) is 2.45. The molecule has 94 valence electrons. The van der Waals surface area contributed by atoms with Gasteiger partial charge in [-0.15, -0.1) is 10.2 Å². The molecule has 9 heteroatoms. The van der Waals surface area contributed by atoms with Crippen LogP contribution >= 0.6 is 7.77 Å². The molecule has 3 N–H and O–H groups in total. The molecule has 0 spiro atoms. The van der Waals surface area contributed by atoms with E-state index in [4.69, 9.17) is 5.73 Å². The molecule has 1 aromatic heterocycles. The Labute approximate surface area is 108 Å². The Hall–Kier alpha value is -2.44. The lowest BCUT2D eigenvalue weighted by Gasteiger charge is -1.95. The first-order chi connectivity index (χ1) is 9.24. The van der Waals surface area contributed by atoms with Crippen molar-refractivity contribution in [2.24, 2.45) is 15.2 Å². The number of hydrogen-bond donors (Lipinski definition) is 2. The van der Waals surface area contributed by atoms with E-state index in [1.165, 1.54) is 0 Å². The van der Waals surface area contributed by atoms with E-state index in [9.17, 15) is 4.89 Å². The highest BCUT2D eigenvalue weighted by Gasteiger charge is 2.21. The number of azo groups is 1. The zero-order chi connectivity index (χ0) is 13.2. The van der Waals surface area contributed by atoms with Crippen molar-refractivity contribution in [3.63, 3.8) is 0 Å². The number of nitrogens with two attached hydrogens (primary N) is 1. The number of amidine groups is 1. The molecule has 1 atom stereocenters. The third kappa shape index (κ3) is 2.26. The summed E-state index contributed by atoms with van der Waals surface area (Å²) in [4.78, 5) is 20.1. The van der Waals surface area contributed by atoms with Gasteiger partial charge in [-0.25, -0.2) is 5.10 Å². The summed E-state index contributed by atoms with van der Waals surface area (Å²) >= 11 is 0. The Bertz CT molecular complexity index is 704. The molecule has 2 aromatic rings. The van der Waals surface area contributed by atoms with Crippen LogP contribution in [0.15, 0.2) is 45.6 Å². The number of hydrogen-bond acceptors (Lipinski definition) is 5. The van der Waals surface area contributed by atoms with Gasteiger partial charge in [-0.05, 0) is 12.1 Å². The molecular formula is C10H8N7OP. The van der Waals surface area contributed by atoms with E-state index in [0.29, 0.717) is 5.30 Å². The van der Waals surface area contributed by atoms with Gasteiger partial charge in [0.15, 0.2) is 0 Å². The van der Waals surface area contributed by atoms with Gasteiger partial charge < -0.3 is 10.6 Å². The standard InChI is InChI=1S/C10H8N7OP/c11-9-12-7(14-16-9)8-13-10(17-15-8)19(18)6-4-2-1-3-5-6/h1-5H,(H3,11,12,14,16). The average Bonchev–Trinajstić information content (AvgIpc) is 3.07. The van der Waals surface area contributed by atoms with Crippen molar-refractivity contribution in [3.8, 4) is 0 Å². The lowest BCUT2D eigenvalue weighted by Crippen LogP contribution is -2.09. The number of aliphatic imine (C=N–C) groups is 1. The van der Waals surface area contributed by atoms with Crippen LogP contribution in [0.25, 0.3) is 0 Å².